The van der Waals surface area contributed by atoms with E-state index in [0.717, 1.165) is 16.6 Å². The van der Waals surface area contributed by atoms with E-state index in [-0.39, 0.29) is 23.2 Å². The number of aromatic nitrogens is 2. The van der Waals surface area contributed by atoms with Crippen LogP contribution >= 0.6 is 11.8 Å². The fourth-order valence-electron chi connectivity index (χ4n) is 2.93. The molecule has 0 fully saturated rings. The molecular weight excluding hydrogens is 404 g/mol. The molecule has 0 aliphatic rings. The number of benzene rings is 3. The fraction of sp³-hybridized carbons (Fsp3) is 0.0870. The Bertz CT molecular complexity index is 1200. The molecule has 0 bridgehead atoms. The number of anilines is 1. The molecule has 1 aromatic heterocycles. The van der Waals surface area contributed by atoms with Gasteiger partial charge in [-0.05, 0) is 42.0 Å². The molecule has 0 radical (unpaired) electrons. The summed E-state index contributed by atoms with van der Waals surface area (Å²) >= 11 is 1.24. The van der Waals surface area contributed by atoms with Crippen LogP contribution in [0.4, 0.5) is 14.5 Å². The van der Waals surface area contributed by atoms with E-state index in [9.17, 15) is 13.6 Å². The maximum Gasteiger partial charge on any atom is 0.234 e. The molecule has 1 amide bonds. The molecule has 0 unspecified atom stereocenters. The second-order valence-corrected chi connectivity index (χ2v) is 7.55. The van der Waals surface area contributed by atoms with Crippen molar-refractivity contribution in [1.29, 1.82) is 0 Å². The fourth-order valence-corrected chi connectivity index (χ4v) is 3.72. The minimum atomic E-state index is -0.488. The predicted molar refractivity (Wildman–Crippen MR) is 114 cm³/mol. The zero-order valence-electron chi connectivity index (χ0n) is 15.8. The van der Waals surface area contributed by atoms with Crippen LogP contribution in [0, 0.1) is 11.6 Å². The Hall–Kier alpha value is -3.32. The van der Waals surface area contributed by atoms with Gasteiger partial charge < -0.3 is 5.32 Å². The number of rotatable bonds is 6. The first-order chi connectivity index (χ1) is 14.6. The van der Waals surface area contributed by atoms with Gasteiger partial charge in [0.2, 0.25) is 5.91 Å². The molecule has 1 heterocycles. The van der Waals surface area contributed by atoms with Crippen molar-refractivity contribution in [1.82, 2.24) is 9.97 Å². The quantitative estimate of drug-likeness (QED) is 0.433. The van der Waals surface area contributed by atoms with Gasteiger partial charge in [-0.3, -0.25) is 4.79 Å². The molecular formula is C23H17F2N3OS. The number of carbonyl (C=O) groups excluding carboxylic acids is 1. The van der Waals surface area contributed by atoms with Gasteiger partial charge in [0, 0.05) is 6.42 Å². The van der Waals surface area contributed by atoms with Gasteiger partial charge in [0.25, 0.3) is 0 Å². The first-order valence-corrected chi connectivity index (χ1v) is 10.2. The van der Waals surface area contributed by atoms with Crippen LogP contribution in [0.15, 0.2) is 77.8 Å². The second kappa shape index (κ2) is 9.00. The van der Waals surface area contributed by atoms with Crippen molar-refractivity contribution in [2.45, 2.75) is 11.4 Å². The average Bonchev–Trinajstić information content (AvgIpc) is 2.75. The number of thioether (sulfide) groups is 1. The van der Waals surface area contributed by atoms with E-state index in [4.69, 9.17) is 4.98 Å². The molecule has 150 valence electrons. The van der Waals surface area contributed by atoms with E-state index in [1.807, 2.05) is 24.3 Å². The number of nitrogens with one attached hydrogen (secondary N) is 1. The van der Waals surface area contributed by atoms with Gasteiger partial charge >= 0.3 is 0 Å². The van der Waals surface area contributed by atoms with Crippen molar-refractivity contribution in [3.05, 3.63) is 95.7 Å². The molecule has 3 aromatic carbocycles. The number of hydrogen-bond acceptors (Lipinski definition) is 4. The van der Waals surface area contributed by atoms with Crippen LogP contribution in [0.1, 0.15) is 11.3 Å². The van der Waals surface area contributed by atoms with Crippen molar-refractivity contribution in [3.8, 4) is 0 Å². The molecule has 4 aromatic rings. The largest absolute Gasteiger partial charge is 0.323 e. The summed E-state index contributed by atoms with van der Waals surface area (Å²) in [5.41, 5.74) is 3.19. The van der Waals surface area contributed by atoms with E-state index in [0.29, 0.717) is 17.1 Å². The molecule has 0 saturated carbocycles. The number of amides is 1. The molecule has 30 heavy (non-hydrogen) atoms. The van der Waals surface area contributed by atoms with Gasteiger partial charge in [-0.25, -0.2) is 18.7 Å². The van der Waals surface area contributed by atoms with Gasteiger partial charge in [0.1, 0.15) is 16.7 Å². The number of carbonyl (C=O) groups is 1. The molecule has 0 atom stereocenters. The van der Waals surface area contributed by atoms with E-state index in [1.54, 1.807) is 24.3 Å². The first kappa shape index (κ1) is 20.0. The summed E-state index contributed by atoms with van der Waals surface area (Å²) in [4.78, 5) is 21.7. The highest BCUT2D eigenvalue weighted by atomic mass is 32.2. The standard InChI is InChI=1S/C23H17F2N3OS/c24-16-11-9-15(10-12-16)13-21-23(28-20-8-4-3-7-19(20)26-21)30-14-22(29)27-18-6-2-1-5-17(18)25/h1-12H,13-14H2,(H,27,29). The Balaban J connectivity index is 1.56. The zero-order valence-corrected chi connectivity index (χ0v) is 16.6. The Kier molecular flexibility index (Phi) is 5.99. The maximum absolute atomic E-state index is 13.8. The highest BCUT2D eigenvalue weighted by molar-refractivity contribution is 8.00. The van der Waals surface area contributed by atoms with Crippen LogP contribution in [0.25, 0.3) is 11.0 Å². The van der Waals surface area contributed by atoms with Gasteiger partial charge in [0.05, 0.1) is 28.2 Å². The summed E-state index contributed by atoms with van der Waals surface area (Å²) in [6, 6.07) is 19.7. The lowest BCUT2D eigenvalue weighted by atomic mass is 10.1. The topological polar surface area (TPSA) is 54.9 Å². The third-order valence-electron chi connectivity index (χ3n) is 4.38. The van der Waals surface area contributed by atoms with Crippen LogP contribution in [0.5, 0.6) is 0 Å². The molecule has 1 N–H and O–H groups in total. The number of halogens is 2. The SMILES string of the molecule is O=C(CSc1nc2ccccc2nc1Cc1ccc(F)cc1)Nc1ccccc1F. The molecule has 0 spiro atoms. The lowest BCUT2D eigenvalue weighted by Gasteiger charge is -2.10. The molecule has 7 heteroatoms. The Morgan fingerprint density at radius 3 is 2.27 bits per heavy atom. The van der Waals surface area contributed by atoms with Gasteiger partial charge in [-0.15, -0.1) is 0 Å². The van der Waals surface area contributed by atoms with Crippen molar-refractivity contribution in [2.75, 3.05) is 11.1 Å². The number of hydrogen-bond donors (Lipinski definition) is 1. The van der Waals surface area contributed by atoms with E-state index in [1.165, 1.54) is 36.0 Å². The van der Waals surface area contributed by atoms with E-state index >= 15 is 0 Å². The van der Waals surface area contributed by atoms with Crippen molar-refractivity contribution >= 4 is 34.4 Å². The summed E-state index contributed by atoms with van der Waals surface area (Å²) in [7, 11) is 0. The molecule has 0 aliphatic carbocycles. The predicted octanol–water partition coefficient (Wildman–Crippen LogP) is 5.23. The average molecular weight is 421 g/mol. The lowest BCUT2D eigenvalue weighted by Crippen LogP contribution is -2.15. The van der Waals surface area contributed by atoms with Crippen molar-refractivity contribution < 1.29 is 13.6 Å². The Labute approximate surface area is 176 Å². The molecule has 4 nitrogen and oxygen atoms in total. The summed E-state index contributed by atoms with van der Waals surface area (Å²) in [5.74, 6) is -1.08. The van der Waals surface area contributed by atoms with Crippen LogP contribution in [-0.2, 0) is 11.2 Å². The first-order valence-electron chi connectivity index (χ1n) is 9.26. The zero-order chi connectivity index (χ0) is 20.9. The smallest absolute Gasteiger partial charge is 0.234 e. The minimum absolute atomic E-state index is 0.0533. The molecule has 0 saturated heterocycles. The second-order valence-electron chi connectivity index (χ2n) is 6.58. The number of fused-ring (bicyclic) bond motifs is 1. The number of nitrogens with zero attached hydrogens (tertiary/aromatic N) is 2. The molecule has 0 aliphatic heterocycles. The monoisotopic (exact) mass is 421 g/mol. The summed E-state index contributed by atoms with van der Waals surface area (Å²) < 4.78 is 27.0. The van der Waals surface area contributed by atoms with Crippen molar-refractivity contribution in [3.63, 3.8) is 0 Å². The summed E-state index contributed by atoms with van der Waals surface area (Å²) in [6.45, 7) is 0. The lowest BCUT2D eigenvalue weighted by molar-refractivity contribution is -0.113. The highest BCUT2D eigenvalue weighted by Crippen LogP contribution is 2.25. The Morgan fingerprint density at radius 1 is 0.867 bits per heavy atom. The van der Waals surface area contributed by atoms with Crippen LogP contribution in [-0.4, -0.2) is 21.6 Å². The van der Waals surface area contributed by atoms with Crippen LogP contribution < -0.4 is 5.32 Å². The van der Waals surface area contributed by atoms with Gasteiger partial charge in [-0.1, -0.05) is 48.2 Å². The van der Waals surface area contributed by atoms with Gasteiger partial charge in [-0.2, -0.15) is 0 Å². The molecule has 4 rings (SSSR count). The van der Waals surface area contributed by atoms with E-state index in [2.05, 4.69) is 10.3 Å². The third-order valence-corrected chi connectivity index (χ3v) is 5.39. The van der Waals surface area contributed by atoms with E-state index < -0.39 is 5.82 Å². The summed E-state index contributed by atoms with van der Waals surface area (Å²) in [6.07, 6.45) is 0.454. The highest BCUT2D eigenvalue weighted by Gasteiger charge is 2.14. The van der Waals surface area contributed by atoms with Gasteiger partial charge in [0.15, 0.2) is 0 Å². The van der Waals surface area contributed by atoms with Crippen LogP contribution in [0.2, 0.25) is 0 Å². The normalized spacial score (nSPS) is 10.9. The third kappa shape index (κ3) is 4.80. The maximum atomic E-state index is 13.8. The van der Waals surface area contributed by atoms with Crippen molar-refractivity contribution in [2.24, 2.45) is 0 Å². The van der Waals surface area contributed by atoms with Crippen LogP contribution in [0.3, 0.4) is 0 Å². The Morgan fingerprint density at radius 2 is 1.53 bits per heavy atom. The summed E-state index contributed by atoms with van der Waals surface area (Å²) in [5, 5.41) is 3.18. The minimum Gasteiger partial charge on any atom is -0.323 e. The number of para-hydroxylation sites is 3.